The molecule has 1 aromatic carbocycles. The van der Waals surface area contributed by atoms with Crippen LogP contribution in [0.1, 0.15) is 25.0 Å². The lowest BCUT2D eigenvalue weighted by atomic mass is 9.90. The Morgan fingerprint density at radius 2 is 2.03 bits per heavy atom. The number of nitrogens with zero attached hydrogens (tertiary/aromatic N) is 3. The summed E-state index contributed by atoms with van der Waals surface area (Å²) in [6.45, 7) is 4.59. The number of hydrogen-bond acceptors (Lipinski definition) is 4. The molecule has 2 saturated heterocycles. The van der Waals surface area contributed by atoms with Gasteiger partial charge in [-0.3, -0.25) is 9.78 Å². The third-order valence-corrected chi connectivity index (χ3v) is 7.82. The second-order valence-corrected chi connectivity index (χ2v) is 9.59. The molecular weight excluding hydrogens is 405 g/mol. The van der Waals surface area contributed by atoms with E-state index >= 15 is 0 Å². The summed E-state index contributed by atoms with van der Waals surface area (Å²) in [5.74, 6) is -1.10. The van der Waals surface area contributed by atoms with Gasteiger partial charge in [-0.1, -0.05) is 18.2 Å². The molecule has 2 aromatic rings. The van der Waals surface area contributed by atoms with E-state index in [0.717, 1.165) is 18.2 Å². The van der Waals surface area contributed by atoms with E-state index in [1.807, 2.05) is 12.1 Å². The molecule has 0 aliphatic carbocycles. The Kier molecular flexibility index (Phi) is 5.71. The molecule has 6 nitrogen and oxygen atoms in total. The van der Waals surface area contributed by atoms with Crippen LogP contribution in [0, 0.1) is 11.7 Å². The molecule has 0 spiro atoms. The Morgan fingerprint density at radius 3 is 2.73 bits per heavy atom. The van der Waals surface area contributed by atoms with Gasteiger partial charge < -0.3 is 4.90 Å². The van der Waals surface area contributed by atoms with E-state index in [1.54, 1.807) is 23.2 Å². The first-order valence-electron chi connectivity index (χ1n) is 10.0. The molecule has 3 heterocycles. The van der Waals surface area contributed by atoms with Crippen LogP contribution >= 0.6 is 0 Å². The Hall–Kier alpha value is -2.58. The lowest BCUT2D eigenvalue weighted by Gasteiger charge is -2.40. The third kappa shape index (κ3) is 3.77. The zero-order valence-electron chi connectivity index (χ0n) is 16.5. The highest BCUT2D eigenvalue weighted by Crippen LogP contribution is 2.37. The maximum atomic E-state index is 13.8. The van der Waals surface area contributed by atoms with E-state index in [0.29, 0.717) is 25.9 Å². The molecule has 30 heavy (non-hydrogen) atoms. The standard InChI is InChI=1S/C22H24FN3O3S/c1-2-16-14-25(15-18-8-3-4-12-24-18)22(27)21-11-6-10-20(16)26(21)30(28,29)19-9-5-7-17(23)13-19/h2-5,7-9,12-13,16,20-21H,1,6,10-11,14-15H2/t16-,20-,21+/m1/s1. The minimum atomic E-state index is -4.06. The van der Waals surface area contributed by atoms with Gasteiger partial charge in [-0.05, 0) is 49.6 Å². The van der Waals surface area contributed by atoms with Crippen LogP contribution in [0.4, 0.5) is 4.39 Å². The van der Waals surface area contributed by atoms with Crippen LogP contribution in [-0.2, 0) is 21.4 Å². The molecule has 8 heteroatoms. The topological polar surface area (TPSA) is 70.6 Å². The molecule has 2 fully saturated rings. The number of carbonyl (C=O) groups is 1. The number of hydrogen-bond donors (Lipinski definition) is 0. The normalized spacial score (nSPS) is 25.0. The van der Waals surface area contributed by atoms with Crippen molar-refractivity contribution in [1.29, 1.82) is 0 Å². The van der Waals surface area contributed by atoms with Gasteiger partial charge in [-0.25, -0.2) is 12.8 Å². The van der Waals surface area contributed by atoms with Crippen molar-refractivity contribution in [1.82, 2.24) is 14.2 Å². The summed E-state index contributed by atoms with van der Waals surface area (Å²) in [6.07, 6.45) is 5.21. The minimum absolute atomic E-state index is 0.131. The fourth-order valence-electron chi connectivity index (χ4n) is 4.47. The van der Waals surface area contributed by atoms with Crippen LogP contribution in [0.2, 0.25) is 0 Å². The SMILES string of the molecule is C=C[C@@H]1CN(Cc2ccccn2)C(=O)[C@@H]2CCC[C@H]1N2S(=O)(=O)c1cccc(F)c1. The van der Waals surface area contributed by atoms with E-state index in [4.69, 9.17) is 0 Å². The molecule has 4 rings (SSSR count). The molecule has 158 valence electrons. The summed E-state index contributed by atoms with van der Waals surface area (Å²) >= 11 is 0. The smallest absolute Gasteiger partial charge is 0.244 e. The summed E-state index contributed by atoms with van der Waals surface area (Å²) in [5.41, 5.74) is 0.740. The number of rotatable bonds is 5. The van der Waals surface area contributed by atoms with Gasteiger partial charge in [0, 0.05) is 24.7 Å². The van der Waals surface area contributed by atoms with Crippen LogP contribution in [0.3, 0.4) is 0 Å². The predicted molar refractivity (Wildman–Crippen MR) is 110 cm³/mol. The van der Waals surface area contributed by atoms with Crippen molar-refractivity contribution >= 4 is 15.9 Å². The lowest BCUT2D eigenvalue weighted by Crippen LogP contribution is -2.54. The van der Waals surface area contributed by atoms with Gasteiger partial charge in [0.15, 0.2) is 0 Å². The zero-order valence-corrected chi connectivity index (χ0v) is 17.3. The Bertz CT molecular complexity index is 1040. The zero-order chi connectivity index (χ0) is 21.3. The highest BCUT2D eigenvalue weighted by atomic mass is 32.2. The largest absolute Gasteiger partial charge is 0.335 e. The van der Waals surface area contributed by atoms with Crippen molar-refractivity contribution < 1.29 is 17.6 Å². The van der Waals surface area contributed by atoms with E-state index in [1.165, 1.54) is 22.5 Å². The van der Waals surface area contributed by atoms with E-state index in [9.17, 15) is 17.6 Å². The molecule has 0 saturated carbocycles. The molecule has 1 amide bonds. The summed E-state index contributed by atoms with van der Waals surface area (Å²) in [6, 6.07) is 9.25. The molecule has 0 unspecified atom stereocenters. The molecule has 0 N–H and O–H groups in total. The second-order valence-electron chi connectivity index (χ2n) is 7.75. The fourth-order valence-corrected chi connectivity index (χ4v) is 6.38. The van der Waals surface area contributed by atoms with Crippen molar-refractivity contribution in [3.05, 3.63) is 72.8 Å². The minimum Gasteiger partial charge on any atom is -0.335 e. The third-order valence-electron chi connectivity index (χ3n) is 5.89. The highest BCUT2D eigenvalue weighted by molar-refractivity contribution is 7.89. The van der Waals surface area contributed by atoms with Crippen LogP contribution in [0.25, 0.3) is 0 Å². The number of carbonyl (C=O) groups excluding carboxylic acids is 1. The van der Waals surface area contributed by atoms with Crippen molar-refractivity contribution in [2.75, 3.05) is 6.54 Å². The monoisotopic (exact) mass is 429 g/mol. The number of sulfonamides is 1. The van der Waals surface area contributed by atoms with Gasteiger partial charge in [0.1, 0.15) is 11.9 Å². The first-order chi connectivity index (χ1) is 14.4. The average molecular weight is 430 g/mol. The quantitative estimate of drug-likeness (QED) is 0.685. The fraction of sp³-hybridized carbons (Fsp3) is 0.364. The second kappa shape index (κ2) is 8.28. The molecule has 1 aromatic heterocycles. The summed E-state index contributed by atoms with van der Waals surface area (Å²) < 4.78 is 42.1. The van der Waals surface area contributed by atoms with E-state index < -0.39 is 27.9 Å². The maximum Gasteiger partial charge on any atom is 0.244 e. The van der Waals surface area contributed by atoms with Gasteiger partial charge in [0.2, 0.25) is 15.9 Å². The van der Waals surface area contributed by atoms with Crippen LogP contribution in [0.5, 0.6) is 0 Å². The molecule has 2 bridgehead atoms. The number of pyridine rings is 1. The number of benzene rings is 1. The number of piperidine rings is 1. The van der Waals surface area contributed by atoms with Crippen molar-refractivity contribution in [3.8, 4) is 0 Å². The number of amides is 1. The van der Waals surface area contributed by atoms with Crippen LogP contribution in [-0.4, -0.2) is 47.1 Å². The van der Waals surface area contributed by atoms with Crippen LogP contribution < -0.4 is 0 Å². The Morgan fingerprint density at radius 1 is 1.20 bits per heavy atom. The first kappa shape index (κ1) is 20.7. The Labute approximate surface area is 176 Å². The van der Waals surface area contributed by atoms with E-state index in [2.05, 4.69) is 11.6 Å². The number of halogens is 1. The number of aromatic nitrogens is 1. The van der Waals surface area contributed by atoms with Gasteiger partial charge in [0.25, 0.3) is 0 Å². The van der Waals surface area contributed by atoms with Gasteiger partial charge in [0.05, 0.1) is 17.1 Å². The molecular formula is C22H24FN3O3S. The van der Waals surface area contributed by atoms with Gasteiger partial charge in [-0.2, -0.15) is 4.31 Å². The van der Waals surface area contributed by atoms with Crippen molar-refractivity contribution in [3.63, 3.8) is 0 Å². The predicted octanol–water partition coefficient (Wildman–Crippen LogP) is 2.98. The van der Waals surface area contributed by atoms with Crippen molar-refractivity contribution in [2.45, 2.75) is 42.8 Å². The van der Waals surface area contributed by atoms with Gasteiger partial charge in [-0.15, -0.1) is 6.58 Å². The van der Waals surface area contributed by atoms with Crippen molar-refractivity contribution in [2.24, 2.45) is 5.92 Å². The molecule has 2 aliphatic rings. The molecule has 3 atom stereocenters. The molecule has 0 radical (unpaired) electrons. The highest BCUT2D eigenvalue weighted by Gasteiger charge is 2.49. The summed E-state index contributed by atoms with van der Waals surface area (Å²) in [7, 11) is -4.06. The Balaban J connectivity index is 1.75. The van der Waals surface area contributed by atoms with Crippen LogP contribution in [0.15, 0.2) is 66.2 Å². The first-order valence-corrected chi connectivity index (χ1v) is 11.5. The lowest BCUT2D eigenvalue weighted by molar-refractivity contribution is -0.135. The summed E-state index contributed by atoms with van der Waals surface area (Å²) in [4.78, 5) is 19.3. The average Bonchev–Trinajstić information content (AvgIpc) is 2.82. The molecule has 2 aliphatic heterocycles. The summed E-state index contributed by atoms with van der Waals surface area (Å²) in [5, 5.41) is 0. The maximum absolute atomic E-state index is 13.8. The number of fused-ring (bicyclic) bond motifs is 2. The van der Waals surface area contributed by atoms with Gasteiger partial charge >= 0.3 is 0 Å². The van der Waals surface area contributed by atoms with E-state index in [-0.39, 0.29) is 16.7 Å².